The van der Waals surface area contributed by atoms with Crippen LogP contribution in [0.2, 0.25) is 0 Å². The number of urea groups is 1. The molecule has 3 N–H and O–H groups in total. The molecule has 2 amide bonds. The summed E-state index contributed by atoms with van der Waals surface area (Å²) >= 11 is 0. The Morgan fingerprint density at radius 2 is 2.21 bits per heavy atom. The van der Waals surface area contributed by atoms with E-state index in [1.807, 2.05) is 13.8 Å². The lowest BCUT2D eigenvalue weighted by molar-refractivity contribution is -0.139. The zero-order valence-electron chi connectivity index (χ0n) is 11.2. The van der Waals surface area contributed by atoms with Crippen molar-refractivity contribution in [3.05, 3.63) is 18.0 Å². The number of carboxylic acids is 1. The van der Waals surface area contributed by atoms with Gasteiger partial charge in [-0.3, -0.25) is 4.68 Å². The highest BCUT2D eigenvalue weighted by atomic mass is 16.4. The van der Waals surface area contributed by atoms with E-state index in [9.17, 15) is 9.59 Å². The van der Waals surface area contributed by atoms with Crippen LogP contribution in [0.25, 0.3) is 0 Å². The normalized spacial score (nSPS) is 21.5. The molecule has 0 spiro atoms. The highest BCUT2D eigenvalue weighted by Gasteiger charge is 2.46. The van der Waals surface area contributed by atoms with Gasteiger partial charge in [-0.1, -0.05) is 13.8 Å². The fourth-order valence-electron chi connectivity index (χ4n) is 1.92. The first-order chi connectivity index (χ1) is 8.79. The maximum atomic E-state index is 11.8. The number of nitrogens with one attached hydrogen (secondary N) is 2. The van der Waals surface area contributed by atoms with Gasteiger partial charge in [0.2, 0.25) is 0 Å². The van der Waals surface area contributed by atoms with E-state index in [1.165, 1.54) is 10.9 Å². The molecule has 104 valence electrons. The number of hydrogen-bond acceptors (Lipinski definition) is 3. The lowest BCUT2D eigenvalue weighted by atomic mass is 10.1. The van der Waals surface area contributed by atoms with Crippen molar-refractivity contribution in [2.24, 2.45) is 12.5 Å². The third kappa shape index (κ3) is 3.04. The summed E-state index contributed by atoms with van der Waals surface area (Å²) in [6, 6.07) is -1.45. The number of amides is 2. The molecule has 0 bridgehead atoms. The molecule has 1 aromatic rings. The van der Waals surface area contributed by atoms with Crippen molar-refractivity contribution in [3.8, 4) is 0 Å². The SMILES string of the molecule is Cn1cc(C(NC(=O)NC2CC2(C)C)C(=O)O)cn1. The van der Waals surface area contributed by atoms with Gasteiger partial charge in [0.25, 0.3) is 0 Å². The number of carbonyl (C=O) groups excluding carboxylic acids is 1. The van der Waals surface area contributed by atoms with E-state index in [-0.39, 0.29) is 11.5 Å². The number of aromatic nitrogens is 2. The standard InChI is InChI=1S/C12H18N4O3/c1-12(2)4-8(12)14-11(19)15-9(10(17)18)7-5-13-16(3)6-7/h5-6,8-9H,4H2,1-3H3,(H,17,18)(H2,14,15,19). The van der Waals surface area contributed by atoms with Gasteiger partial charge < -0.3 is 15.7 Å². The van der Waals surface area contributed by atoms with Crippen LogP contribution >= 0.6 is 0 Å². The Kier molecular flexibility index (Phi) is 3.21. The van der Waals surface area contributed by atoms with Crippen LogP contribution in [-0.4, -0.2) is 32.9 Å². The van der Waals surface area contributed by atoms with Gasteiger partial charge in [0.05, 0.1) is 6.20 Å². The van der Waals surface area contributed by atoms with Crippen LogP contribution in [0, 0.1) is 5.41 Å². The van der Waals surface area contributed by atoms with Crippen molar-refractivity contribution >= 4 is 12.0 Å². The van der Waals surface area contributed by atoms with Gasteiger partial charge in [0.1, 0.15) is 0 Å². The lowest BCUT2D eigenvalue weighted by Crippen LogP contribution is -2.42. The van der Waals surface area contributed by atoms with Crippen molar-refractivity contribution in [2.75, 3.05) is 0 Å². The molecule has 1 aromatic heterocycles. The number of nitrogens with zero attached hydrogens (tertiary/aromatic N) is 2. The average molecular weight is 266 g/mol. The molecule has 1 saturated carbocycles. The summed E-state index contributed by atoms with van der Waals surface area (Å²) < 4.78 is 1.49. The molecule has 19 heavy (non-hydrogen) atoms. The second-order valence-electron chi connectivity index (χ2n) is 5.58. The monoisotopic (exact) mass is 266 g/mol. The molecular weight excluding hydrogens is 248 g/mol. The van der Waals surface area contributed by atoms with Crippen molar-refractivity contribution in [1.29, 1.82) is 0 Å². The van der Waals surface area contributed by atoms with Gasteiger partial charge in [0, 0.05) is 24.8 Å². The Balaban J connectivity index is 1.98. The van der Waals surface area contributed by atoms with Crippen molar-refractivity contribution in [3.63, 3.8) is 0 Å². The Morgan fingerprint density at radius 3 is 2.63 bits per heavy atom. The largest absolute Gasteiger partial charge is 0.479 e. The summed E-state index contributed by atoms with van der Waals surface area (Å²) in [6.45, 7) is 4.10. The molecule has 1 fully saturated rings. The number of aliphatic carboxylic acids is 1. The van der Waals surface area contributed by atoms with Crippen molar-refractivity contribution < 1.29 is 14.7 Å². The quantitative estimate of drug-likeness (QED) is 0.745. The maximum absolute atomic E-state index is 11.8. The number of hydrogen-bond donors (Lipinski definition) is 3. The van der Waals surface area contributed by atoms with Gasteiger partial charge >= 0.3 is 12.0 Å². The number of rotatable bonds is 4. The Hall–Kier alpha value is -2.05. The summed E-state index contributed by atoms with van der Waals surface area (Å²) in [4.78, 5) is 23.0. The molecule has 7 nitrogen and oxygen atoms in total. The van der Waals surface area contributed by atoms with Gasteiger partial charge in [-0.15, -0.1) is 0 Å². The Morgan fingerprint density at radius 1 is 1.58 bits per heavy atom. The van der Waals surface area contributed by atoms with Crippen LogP contribution in [0.4, 0.5) is 4.79 Å². The zero-order valence-corrected chi connectivity index (χ0v) is 11.2. The van der Waals surface area contributed by atoms with E-state index < -0.39 is 18.0 Å². The molecule has 0 saturated heterocycles. The van der Waals surface area contributed by atoms with E-state index in [1.54, 1.807) is 13.2 Å². The number of carbonyl (C=O) groups is 2. The van der Waals surface area contributed by atoms with Gasteiger partial charge in [-0.2, -0.15) is 5.10 Å². The fraction of sp³-hybridized carbons (Fsp3) is 0.583. The van der Waals surface area contributed by atoms with Gasteiger partial charge in [-0.25, -0.2) is 9.59 Å². The predicted molar refractivity (Wildman–Crippen MR) is 67.4 cm³/mol. The number of aryl methyl sites for hydroxylation is 1. The molecule has 2 unspecified atom stereocenters. The van der Waals surface area contributed by atoms with Crippen LogP contribution in [0.5, 0.6) is 0 Å². The van der Waals surface area contributed by atoms with Crippen LogP contribution in [-0.2, 0) is 11.8 Å². The molecule has 2 rings (SSSR count). The predicted octanol–water partition coefficient (Wildman–Crippen LogP) is 0.643. The first-order valence-corrected chi connectivity index (χ1v) is 6.08. The number of carboxylic acid groups (broad SMARTS) is 1. The van der Waals surface area contributed by atoms with Crippen LogP contribution in [0.3, 0.4) is 0 Å². The molecule has 2 atom stereocenters. The van der Waals surface area contributed by atoms with E-state index in [2.05, 4.69) is 15.7 Å². The Bertz CT molecular complexity index is 509. The minimum atomic E-state index is -1.11. The summed E-state index contributed by atoms with van der Waals surface area (Å²) in [7, 11) is 1.69. The van der Waals surface area contributed by atoms with Gasteiger partial charge in [0.15, 0.2) is 6.04 Å². The molecule has 0 aromatic carbocycles. The van der Waals surface area contributed by atoms with E-state index in [4.69, 9.17) is 5.11 Å². The highest BCUT2D eigenvalue weighted by molar-refractivity contribution is 5.83. The fourth-order valence-corrected chi connectivity index (χ4v) is 1.92. The highest BCUT2D eigenvalue weighted by Crippen LogP contribution is 2.44. The second kappa shape index (κ2) is 4.56. The topological polar surface area (TPSA) is 96.2 Å². The molecule has 0 radical (unpaired) electrons. The average Bonchev–Trinajstić information content (AvgIpc) is 2.71. The smallest absolute Gasteiger partial charge is 0.331 e. The summed E-state index contributed by atoms with van der Waals surface area (Å²) in [5.41, 5.74) is 0.546. The van der Waals surface area contributed by atoms with E-state index >= 15 is 0 Å². The zero-order chi connectivity index (χ0) is 14.2. The molecule has 1 aliphatic rings. The third-order valence-corrected chi connectivity index (χ3v) is 3.40. The molecular formula is C12H18N4O3. The summed E-state index contributed by atoms with van der Waals surface area (Å²) in [5.74, 6) is -1.11. The maximum Gasteiger partial charge on any atom is 0.331 e. The lowest BCUT2D eigenvalue weighted by Gasteiger charge is -2.14. The van der Waals surface area contributed by atoms with Crippen molar-refractivity contribution in [2.45, 2.75) is 32.4 Å². The minimum absolute atomic E-state index is 0.102. The molecule has 1 aliphatic carbocycles. The van der Waals surface area contributed by atoms with Crippen LogP contribution in [0.15, 0.2) is 12.4 Å². The van der Waals surface area contributed by atoms with Gasteiger partial charge in [-0.05, 0) is 11.8 Å². The molecule has 7 heteroatoms. The summed E-state index contributed by atoms with van der Waals surface area (Å²) in [5, 5.41) is 18.3. The second-order valence-corrected chi connectivity index (χ2v) is 5.58. The molecule has 0 aliphatic heterocycles. The first-order valence-electron chi connectivity index (χ1n) is 6.08. The van der Waals surface area contributed by atoms with E-state index in [0.29, 0.717) is 5.56 Å². The van der Waals surface area contributed by atoms with Crippen LogP contribution < -0.4 is 10.6 Å². The third-order valence-electron chi connectivity index (χ3n) is 3.40. The first kappa shape index (κ1) is 13.4. The Labute approximate surface area is 111 Å². The summed E-state index contributed by atoms with van der Waals surface area (Å²) in [6.07, 6.45) is 3.91. The van der Waals surface area contributed by atoms with E-state index in [0.717, 1.165) is 6.42 Å². The van der Waals surface area contributed by atoms with Crippen molar-refractivity contribution in [1.82, 2.24) is 20.4 Å². The minimum Gasteiger partial charge on any atom is -0.479 e. The van der Waals surface area contributed by atoms with Crippen LogP contribution in [0.1, 0.15) is 31.9 Å². The molecule has 1 heterocycles.